The van der Waals surface area contributed by atoms with E-state index in [2.05, 4.69) is 33.9 Å². The van der Waals surface area contributed by atoms with Gasteiger partial charge in [0.05, 0.1) is 18.8 Å². The highest BCUT2D eigenvalue weighted by Crippen LogP contribution is 2.23. The van der Waals surface area contributed by atoms with Crippen LogP contribution in [0.1, 0.15) is 43.5 Å². The summed E-state index contributed by atoms with van der Waals surface area (Å²) in [5, 5.41) is 3.16. The van der Waals surface area contributed by atoms with Crippen LogP contribution in [-0.4, -0.2) is 67.3 Å². The van der Waals surface area contributed by atoms with E-state index in [1.807, 2.05) is 12.1 Å². The summed E-state index contributed by atoms with van der Waals surface area (Å²) >= 11 is 0. The minimum atomic E-state index is -0.0462. The number of morpholine rings is 1. The molecule has 25 heavy (non-hydrogen) atoms. The number of anilines is 1. The molecule has 2 fully saturated rings. The van der Waals surface area contributed by atoms with Gasteiger partial charge in [0.15, 0.2) is 0 Å². The number of hydrogen-bond donors (Lipinski definition) is 1. The summed E-state index contributed by atoms with van der Waals surface area (Å²) in [6, 6.07) is 3.73. The van der Waals surface area contributed by atoms with Crippen LogP contribution in [0.3, 0.4) is 0 Å². The third kappa shape index (κ3) is 4.12. The van der Waals surface area contributed by atoms with Gasteiger partial charge >= 0.3 is 0 Å². The first-order valence-corrected chi connectivity index (χ1v) is 9.45. The van der Waals surface area contributed by atoms with Crippen molar-refractivity contribution >= 4 is 11.7 Å². The van der Waals surface area contributed by atoms with Crippen molar-refractivity contribution in [3.8, 4) is 0 Å². The third-order valence-electron chi connectivity index (χ3n) is 5.60. The molecule has 0 radical (unpaired) electrons. The lowest BCUT2D eigenvalue weighted by Gasteiger charge is -2.43. The molecule has 6 heteroatoms. The molecule has 2 saturated heterocycles. The first kappa shape index (κ1) is 18.1. The molecule has 138 valence electrons. The molecule has 6 nitrogen and oxygen atoms in total. The lowest BCUT2D eigenvalue weighted by molar-refractivity contribution is -0.0169. The first-order chi connectivity index (χ1) is 12.1. The zero-order valence-electron chi connectivity index (χ0n) is 15.5. The average molecular weight is 346 g/mol. The molecule has 2 aliphatic rings. The Bertz CT molecular complexity index is 583. The molecule has 0 spiro atoms. The monoisotopic (exact) mass is 346 g/mol. The number of amides is 1. The molecular formula is C19H30N4O2. The zero-order chi connectivity index (χ0) is 17.7. The predicted octanol–water partition coefficient (Wildman–Crippen LogP) is 1.91. The zero-order valence-corrected chi connectivity index (χ0v) is 15.5. The smallest absolute Gasteiger partial charge is 0.255 e. The predicted molar refractivity (Wildman–Crippen MR) is 99.1 cm³/mol. The number of nitrogens with one attached hydrogen (secondary N) is 1. The van der Waals surface area contributed by atoms with Gasteiger partial charge in [0, 0.05) is 44.5 Å². The van der Waals surface area contributed by atoms with E-state index in [1.165, 1.54) is 12.8 Å². The van der Waals surface area contributed by atoms with Crippen molar-refractivity contribution in [1.29, 1.82) is 0 Å². The summed E-state index contributed by atoms with van der Waals surface area (Å²) in [4.78, 5) is 22.0. The van der Waals surface area contributed by atoms with E-state index >= 15 is 0 Å². The van der Waals surface area contributed by atoms with Crippen LogP contribution in [0.4, 0.5) is 5.82 Å². The Morgan fingerprint density at radius 3 is 2.68 bits per heavy atom. The molecule has 2 aliphatic heterocycles. The van der Waals surface area contributed by atoms with Gasteiger partial charge < -0.3 is 15.0 Å². The molecular weight excluding hydrogens is 316 g/mol. The van der Waals surface area contributed by atoms with Crippen LogP contribution < -0.4 is 10.2 Å². The van der Waals surface area contributed by atoms with Crippen molar-refractivity contribution in [2.24, 2.45) is 0 Å². The van der Waals surface area contributed by atoms with E-state index in [0.29, 0.717) is 12.1 Å². The Balaban J connectivity index is 1.67. The van der Waals surface area contributed by atoms with Crippen LogP contribution in [0.2, 0.25) is 0 Å². The molecule has 1 atom stereocenters. The number of hydrogen-bond acceptors (Lipinski definition) is 5. The van der Waals surface area contributed by atoms with E-state index in [-0.39, 0.29) is 11.4 Å². The van der Waals surface area contributed by atoms with Crippen molar-refractivity contribution in [3.05, 3.63) is 23.9 Å². The second-order valence-corrected chi connectivity index (χ2v) is 7.20. The van der Waals surface area contributed by atoms with Crippen molar-refractivity contribution in [2.75, 3.05) is 50.8 Å². The van der Waals surface area contributed by atoms with Gasteiger partial charge in [-0.25, -0.2) is 4.98 Å². The summed E-state index contributed by atoms with van der Waals surface area (Å²) in [7, 11) is 0. The maximum absolute atomic E-state index is 12.8. The fraction of sp³-hybridized carbons (Fsp3) is 0.684. The maximum Gasteiger partial charge on any atom is 0.255 e. The van der Waals surface area contributed by atoms with Gasteiger partial charge in [-0.3, -0.25) is 9.69 Å². The van der Waals surface area contributed by atoms with E-state index < -0.39 is 0 Å². The number of carbonyl (C=O) groups is 1. The average Bonchev–Trinajstić information content (AvgIpc) is 3.21. The third-order valence-corrected chi connectivity index (χ3v) is 5.60. The fourth-order valence-corrected chi connectivity index (χ4v) is 3.68. The van der Waals surface area contributed by atoms with Crippen molar-refractivity contribution in [1.82, 2.24) is 15.2 Å². The lowest BCUT2D eigenvalue weighted by Crippen LogP contribution is -2.56. The number of pyridine rings is 1. The molecule has 0 saturated carbocycles. The van der Waals surface area contributed by atoms with Crippen molar-refractivity contribution in [3.63, 3.8) is 0 Å². The molecule has 1 aromatic heterocycles. The van der Waals surface area contributed by atoms with E-state index in [0.717, 1.165) is 51.6 Å². The normalized spacial score (nSPS) is 21.1. The molecule has 0 aromatic carbocycles. The molecule has 0 unspecified atom stereocenters. The molecule has 3 rings (SSSR count). The Morgan fingerprint density at radius 1 is 1.28 bits per heavy atom. The van der Waals surface area contributed by atoms with Gasteiger partial charge in [0.1, 0.15) is 5.82 Å². The lowest BCUT2D eigenvalue weighted by atomic mass is 9.95. The van der Waals surface area contributed by atoms with Crippen LogP contribution >= 0.6 is 0 Å². The summed E-state index contributed by atoms with van der Waals surface area (Å²) in [6.45, 7) is 10.4. The van der Waals surface area contributed by atoms with Gasteiger partial charge in [-0.1, -0.05) is 6.92 Å². The molecule has 1 amide bonds. The van der Waals surface area contributed by atoms with Gasteiger partial charge in [0.2, 0.25) is 0 Å². The highest BCUT2D eigenvalue weighted by molar-refractivity contribution is 5.99. The number of rotatable bonds is 6. The minimum absolute atomic E-state index is 0.0251. The van der Waals surface area contributed by atoms with Gasteiger partial charge in [-0.05, 0) is 38.3 Å². The molecule has 1 N–H and O–H groups in total. The van der Waals surface area contributed by atoms with Gasteiger partial charge in [0.25, 0.3) is 5.91 Å². The van der Waals surface area contributed by atoms with E-state index in [1.54, 1.807) is 6.20 Å². The topological polar surface area (TPSA) is 57.7 Å². The molecule has 0 aliphatic carbocycles. The minimum Gasteiger partial charge on any atom is -0.379 e. The highest BCUT2D eigenvalue weighted by Gasteiger charge is 2.32. The van der Waals surface area contributed by atoms with Crippen LogP contribution in [-0.2, 0) is 4.74 Å². The Hall–Kier alpha value is -1.66. The SMILES string of the molecule is CC[C@](C)(CNC(=O)c1cccnc1N1CCCC1)N1CCOCC1. The second-order valence-electron chi connectivity index (χ2n) is 7.20. The molecule has 0 bridgehead atoms. The summed E-state index contributed by atoms with van der Waals surface area (Å²) in [6.07, 6.45) is 5.10. The highest BCUT2D eigenvalue weighted by atomic mass is 16.5. The summed E-state index contributed by atoms with van der Waals surface area (Å²) in [5.74, 6) is 0.796. The largest absolute Gasteiger partial charge is 0.379 e. The van der Waals surface area contributed by atoms with Gasteiger partial charge in [-0.15, -0.1) is 0 Å². The fourth-order valence-electron chi connectivity index (χ4n) is 3.68. The van der Waals surface area contributed by atoms with Crippen LogP contribution in [0, 0.1) is 0 Å². The van der Waals surface area contributed by atoms with Crippen LogP contribution in [0.15, 0.2) is 18.3 Å². The van der Waals surface area contributed by atoms with Crippen molar-refractivity contribution in [2.45, 2.75) is 38.6 Å². The second kappa shape index (κ2) is 8.15. The number of nitrogens with zero attached hydrogens (tertiary/aromatic N) is 3. The number of carbonyl (C=O) groups excluding carboxylic acids is 1. The van der Waals surface area contributed by atoms with Crippen LogP contribution in [0.5, 0.6) is 0 Å². The van der Waals surface area contributed by atoms with Crippen molar-refractivity contribution < 1.29 is 9.53 Å². The van der Waals surface area contributed by atoms with E-state index in [4.69, 9.17) is 4.74 Å². The Morgan fingerprint density at radius 2 is 2.00 bits per heavy atom. The number of aromatic nitrogens is 1. The maximum atomic E-state index is 12.8. The standard InChI is InChI=1S/C19H30N4O2/c1-3-19(2,23-11-13-25-14-12-23)15-21-18(24)16-7-6-8-20-17(16)22-9-4-5-10-22/h6-8H,3-5,9-15H2,1-2H3,(H,21,24)/t19-/m1/s1. The van der Waals surface area contributed by atoms with Crippen LogP contribution in [0.25, 0.3) is 0 Å². The number of ether oxygens (including phenoxy) is 1. The quantitative estimate of drug-likeness (QED) is 0.853. The first-order valence-electron chi connectivity index (χ1n) is 9.45. The van der Waals surface area contributed by atoms with Gasteiger partial charge in [-0.2, -0.15) is 0 Å². The Kier molecular flexibility index (Phi) is 5.91. The molecule has 1 aromatic rings. The summed E-state index contributed by atoms with van der Waals surface area (Å²) in [5.41, 5.74) is 0.639. The van der Waals surface area contributed by atoms with E-state index in [9.17, 15) is 4.79 Å². The summed E-state index contributed by atoms with van der Waals surface area (Å²) < 4.78 is 5.46. The molecule has 3 heterocycles. The Labute approximate surface area is 150 Å².